The quantitative estimate of drug-likeness (QED) is 0.267. The highest BCUT2D eigenvalue weighted by Gasteiger charge is 2.15. The second-order valence-corrected chi connectivity index (χ2v) is 9.03. The number of para-hydroxylation sites is 3. The Hall–Kier alpha value is -4.30. The van der Waals surface area contributed by atoms with Gasteiger partial charge in [-0.1, -0.05) is 86.1 Å². The summed E-state index contributed by atoms with van der Waals surface area (Å²) in [6.45, 7) is 2.24. The summed E-state index contributed by atoms with van der Waals surface area (Å²) in [4.78, 5) is 5.90. The first kappa shape index (κ1) is 21.2. The number of benzene rings is 5. The van der Waals surface area contributed by atoms with Gasteiger partial charge in [-0.05, 0) is 71.6 Å². The molecule has 0 saturated carbocycles. The molecule has 0 atom stereocenters. The molecular formula is C33H28N2. The molecule has 0 amide bonds. The van der Waals surface area contributed by atoms with Gasteiger partial charge in [0, 0.05) is 38.9 Å². The van der Waals surface area contributed by atoms with Crippen LogP contribution >= 0.6 is 0 Å². The predicted octanol–water partition coefficient (Wildman–Crippen LogP) is 9.41. The maximum atomic E-state index is 3.53. The standard InChI is InChI=1S/C33H28N2/c1-2-10-25-11-6-9-16-33(25)35(27-12-4-3-5-13-27)28-20-17-24(18-21-28)26-19-22-32-30(23-26)29-14-7-8-15-31(29)34-32/h3-9,11-23,34H,2,10H2,1H3. The fraction of sp³-hybridized carbons (Fsp3) is 0.0909. The van der Waals surface area contributed by atoms with Crippen molar-refractivity contribution >= 4 is 38.9 Å². The number of anilines is 3. The third-order valence-corrected chi connectivity index (χ3v) is 6.73. The minimum atomic E-state index is 1.06. The fourth-order valence-corrected chi connectivity index (χ4v) is 5.04. The lowest BCUT2D eigenvalue weighted by Gasteiger charge is -2.28. The zero-order chi connectivity index (χ0) is 23.6. The van der Waals surface area contributed by atoms with Gasteiger partial charge >= 0.3 is 0 Å². The summed E-state index contributed by atoms with van der Waals surface area (Å²) in [6.07, 6.45) is 2.18. The Morgan fingerprint density at radius 3 is 2.06 bits per heavy atom. The summed E-state index contributed by atoms with van der Waals surface area (Å²) in [7, 11) is 0. The minimum absolute atomic E-state index is 1.06. The molecular weight excluding hydrogens is 424 g/mol. The van der Waals surface area contributed by atoms with E-state index in [1.807, 2.05) is 0 Å². The Kier molecular flexibility index (Phi) is 5.56. The number of H-pyrrole nitrogens is 1. The first-order valence-corrected chi connectivity index (χ1v) is 12.4. The van der Waals surface area contributed by atoms with E-state index in [0.29, 0.717) is 0 Å². The van der Waals surface area contributed by atoms with Crippen LogP contribution in [0.3, 0.4) is 0 Å². The zero-order valence-corrected chi connectivity index (χ0v) is 19.9. The summed E-state index contributed by atoms with van der Waals surface area (Å²) in [5.41, 5.74) is 9.75. The largest absolute Gasteiger partial charge is 0.355 e. The van der Waals surface area contributed by atoms with Crippen LogP contribution in [0, 0.1) is 0 Å². The molecule has 6 rings (SSSR count). The lowest BCUT2D eigenvalue weighted by molar-refractivity contribution is 0.919. The molecule has 1 aromatic heterocycles. The average molecular weight is 453 g/mol. The number of aromatic amines is 1. The maximum absolute atomic E-state index is 3.53. The number of fused-ring (bicyclic) bond motifs is 3. The van der Waals surface area contributed by atoms with E-state index < -0.39 is 0 Å². The summed E-state index contributed by atoms with van der Waals surface area (Å²) < 4.78 is 0. The predicted molar refractivity (Wildman–Crippen MR) is 150 cm³/mol. The highest BCUT2D eigenvalue weighted by molar-refractivity contribution is 6.08. The molecule has 0 aliphatic rings. The van der Waals surface area contributed by atoms with Crippen molar-refractivity contribution in [1.29, 1.82) is 0 Å². The number of nitrogens with one attached hydrogen (secondary N) is 1. The molecule has 1 N–H and O–H groups in total. The van der Waals surface area contributed by atoms with E-state index in [9.17, 15) is 0 Å². The number of nitrogens with zero attached hydrogens (tertiary/aromatic N) is 1. The highest BCUT2D eigenvalue weighted by atomic mass is 15.1. The lowest BCUT2D eigenvalue weighted by Crippen LogP contribution is -2.12. The molecule has 0 aliphatic heterocycles. The number of aryl methyl sites for hydroxylation is 1. The van der Waals surface area contributed by atoms with Crippen molar-refractivity contribution in [1.82, 2.24) is 4.98 Å². The number of hydrogen-bond acceptors (Lipinski definition) is 1. The van der Waals surface area contributed by atoms with E-state index in [0.717, 1.165) is 18.5 Å². The monoisotopic (exact) mass is 452 g/mol. The maximum Gasteiger partial charge on any atom is 0.0493 e. The van der Waals surface area contributed by atoms with Crippen LogP contribution in [0.25, 0.3) is 32.9 Å². The van der Waals surface area contributed by atoms with Gasteiger partial charge in [0.2, 0.25) is 0 Å². The van der Waals surface area contributed by atoms with E-state index >= 15 is 0 Å². The van der Waals surface area contributed by atoms with Gasteiger partial charge < -0.3 is 9.88 Å². The van der Waals surface area contributed by atoms with Crippen LogP contribution < -0.4 is 4.90 Å². The van der Waals surface area contributed by atoms with Gasteiger partial charge in [-0.25, -0.2) is 0 Å². The lowest BCUT2D eigenvalue weighted by atomic mass is 10.0. The molecule has 5 aromatic carbocycles. The van der Waals surface area contributed by atoms with E-state index in [4.69, 9.17) is 0 Å². The molecule has 0 fully saturated rings. The summed E-state index contributed by atoms with van der Waals surface area (Å²) in [5, 5.41) is 2.53. The summed E-state index contributed by atoms with van der Waals surface area (Å²) in [6, 6.07) is 43.6. The molecule has 0 saturated heterocycles. The Labute approximate surface area is 206 Å². The van der Waals surface area contributed by atoms with Crippen molar-refractivity contribution in [2.24, 2.45) is 0 Å². The molecule has 2 heteroatoms. The van der Waals surface area contributed by atoms with Crippen molar-refractivity contribution in [2.75, 3.05) is 4.90 Å². The molecule has 35 heavy (non-hydrogen) atoms. The van der Waals surface area contributed by atoms with E-state index in [2.05, 4.69) is 138 Å². The smallest absolute Gasteiger partial charge is 0.0493 e. The third kappa shape index (κ3) is 3.98. The van der Waals surface area contributed by atoms with Crippen molar-refractivity contribution < 1.29 is 0 Å². The van der Waals surface area contributed by atoms with Gasteiger partial charge in [-0.15, -0.1) is 0 Å². The second kappa shape index (κ2) is 9.15. The van der Waals surface area contributed by atoms with Crippen LogP contribution in [-0.2, 0) is 6.42 Å². The van der Waals surface area contributed by atoms with Crippen LogP contribution in [0.4, 0.5) is 17.1 Å². The van der Waals surface area contributed by atoms with Crippen molar-refractivity contribution in [3.63, 3.8) is 0 Å². The van der Waals surface area contributed by atoms with Crippen molar-refractivity contribution in [2.45, 2.75) is 19.8 Å². The van der Waals surface area contributed by atoms with Crippen molar-refractivity contribution in [3.05, 3.63) is 127 Å². The molecule has 6 aromatic rings. The van der Waals surface area contributed by atoms with Gasteiger partial charge in [-0.3, -0.25) is 0 Å². The fourth-order valence-electron chi connectivity index (χ4n) is 5.04. The highest BCUT2D eigenvalue weighted by Crippen LogP contribution is 2.38. The topological polar surface area (TPSA) is 19.0 Å². The molecule has 0 spiro atoms. The van der Waals surface area contributed by atoms with Gasteiger partial charge in [0.05, 0.1) is 0 Å². The second-order valence-electron chi connectivity index (χ2n) is 9.03. The Bertz CT molecular complexity index is 1590. The molecule has 2 nitrogen and oxygen atoms in total. The van der Waals surface area contributed by atoms with Crippen LogP contribution in [0.5, 0.6) is 0 Å². The average Bonchev–Trinajstić information content (AvgIpc) is 3.29. The molecule has 0 aliphatic carbocycles. The SMILES string of the molecule is CCCc1ccccc1N(c1ccccc1)c1ccc(-c2ccc3[nH]c4ccccc4c3c2)cc1. The van der Waals surface area contributed by atoms with Gasteiger partial charge in [0.25, 0.3) is 0 Å². The Morgan fingerprint density at radius 1 is 0.571 bits per heavy atom. The summed E-state index contributed by atoms with van der Waals surface area (Å²) >= 11 is 0. The molecule has 0 unspecified atom stereocenters. The zero-order valence-electron chi connectivity index (χ0n) is 19.9. The van der Waals surface area contributed by atoms with E-state index in [-0.39, 0.29) is 0 Å². The van der Waals surface area contributed by atoms with E-state index in [1.54, 1.807) is 0 Å². The normalized spacial score (nSPS) is 11.2. The van der Waals surface area contributed by atoms with Crippen LogP contribution in [0.15, 0.2) is 121 Å². The van der Waals surface area contributed by atoms with Gasteiger partial charge in [-0.2, -0.15) is 0 Å². The Morgan fingerprint density at radius 2 is 1.23 bits per heavy atom. The molecule has 0 bridgehead atoms. The van der Waals surface area contributed by atoms with Gasteiger partial charge in [0.1, 0.15) is 0 Å². The first-order chi connectivity index (χ1) is 17.3. The van der Waals surface area contributed by atoms with E-state index in [1.165, 1.54) is 49.9 Å². The number of hydrogen-bond donors (Lipinski definition) is 1. The van der Waals surface area contributed by atoms with Crippen LogP contribution in [0.2, 0.25) is 0 Å². The molecule has 0 radical (unpaired) electrons. The first-order valence-electron chi connectivity index (χ1n) is 12.4. The number of rotatable bonds is 6. The van der Waals surface area contributed by atoms with Crippen LogP contribution in [0.1, 0.15) is 18.9 Å². The van der Waals surface area contributed by atoms with Crippen molar-refractivity contribution in [3.8, 4) is 11.1 Å². The Balaban J connectivity index is 1.42. The van der Waals surface area contributed by atoms with Gasteiger partial charge in [0.15, 0.2) is 0 Å². The molecule has 170 valence electrons. The minimum Gasteiger partial charge on any atom is -0.355 e. The van der Waals surface area contributed by atoms with Crippen LogP contribution in [-0.4, -0.2) is 4.98 Å². The third-order valence-electron chi connectivity index (χ3n) is 6.73. The molecule has 1 heterocycles. The number of aromatic nitrogens is 1. The summed E-state index contributed by atoms with van der Waals surface area (Å²) in [5.74, 6) is 0.